The van der Waals surface area contributed by atoms with Crippen molar-refractivity contribution >= 4 is 27.3 Å². The fourth-order valence-electron chi connectivity index (χ4n) is 2.90. The van der Waals surface area contributed by atoms with E-state index in [1.807, 2.05) is 0 Å². The number of amides is 1. The van der Waals surface area contributed by atoms with Gasteiger partial charge in [0.15, 0.2) is 11.5 Å². The number of methoxy groups -OCH3 is 1. The molecular weight excluding hydrogens is 461 g/mol. The minimum Gasteiger partial charge on any atom is -0.493 e. The molecule has 0 saturated carbocycles. The first-order chi connectivity index (χ1) is 15.6. The van der Waals surface area contributed by atoms with E-state index >= 15 is 0 Å². The first-order valence-corrected chi connectivity index (χ1v) is 10.9. The molecule has 0 aliphatic heterocycles. The third-order valence-corrected chi connectivity index (χ3v) is 5.88. The lowest BCUT2D eigenvalue weighted by Crippen LogP contribution is -2.17. The molecule has 3 aromatic rings. The average molecular weight is 480 g/mol. The molecule has 0 spiro atoms. The average Bonchev–Trinajstić information content (AvgIpc) is 2.75. The second kappa shape index (κ2) is 9.82. The minimum atomic E-state index is -4.20. The molecule has 3 rings (SSSR count). The van der Waals surface area contributed by atoms with Crippen LogP contribution in [0.25, 0.3) is 0 Å². The molecule has 0 aliphatic carbocycles. The maximum atomic E-state index is 13.9. The summed E-state index contributed by atoms with van der Waals surface area (Å²) >= 11 is 0. The van der Waals surface area contributed by atoms with Crippen LogP contribution in [0.3, 0.4) is 0 Å². The standard InChI is InChI=1S/C22H19F3N2O5S/c1-13-7-9-15(33(29,30)27-18-6-4-3-5-17(18)23)12-16(13)21(28)26-14-8-10-19(31-2)20(11-14)32-22(24)25/h3-12,22,27H,1-2H3,(H,26,28). The van der Waals surface area contributed by atoms with Crippen molar-refractivity contribution in [3.63, 3.8) is 0 Å². The number of halogens is 3. The molecule has 33 heavy (non-hydrogen) atoms. The monoisotopic (exact) mass is 480 g/mol. The van der Waals surface area contributed by atoms with Crippen molar-refractivity contribution in [1.82, 2.24) is 0 Å². The Balaban J connectivity index is 1.88. The third-order valence-electron chi connectivity index (χ3n) is 4.52. The molecule has 11 heteroatoms. The zero-order valence-electron chi connectivity index (χ0n) is 17.4. The molecule has 0 radical (unpaired) electrons. The Morgan fingerprint density at radius 1 is 1.00 bits per heavy atom. The maximum Gasteiger partial charge on any atom is 0.387 e. The number of sulfonamides is 1. The van der Waals surface area contributed by atoms with Gasteiger partial charge >= 0.3 is 6.61 Å². The number of para-hydroxylation sites is 1. The SMILES string of the molecule is COc1ccc(NC(=O)c2cc(S(=O)(=O)Nc3ccccc3F)ccc2C)cc1OC(F)F. The summed E-state index contributed by atoms with van der Waals surface area (Å²) in [5.74, 6) is -1.69. The zero-order chi connectivity index (χ0) is 24.2. The number of hydrogen-bond acceptors (Lipinski definition) is 5. The number of ether oxygens (including phenoxy) is 2. The van der Waals surface area contributed by atoms with Crippen LogP contribution in [0, 0.1) is 12.7 Å². The summed E-state index contributed by atoms with van der Waals surface area (Å²) in [6.07, 6.45) is 0. The molecule has 0 unspecified atom stereocenters. The highest BCUT2D eigenvalue weighted by molar-refractivity contribution is 7.92. The van der Waals surface area contributed by atoms with Gasteiger partial charge in [-0.25, -0.2) is 12.8 Å². The van der Waals surface area contributed by atoms with E-state index in [0.29, 0.717) is 5.56 Å². The maximum absolute atomic E-state index is 13.9. The summed E-state index contributed by atoms with van der Waals surface area (Å²) in [5.41, 5.74) is 0.343. The van der Waals surface area contributed by atoms with Gasteiger partial charge in [-0.05, 0) is 48.9 Å². The Morgan fingerprint density at radius 2 is 1.73 bits per heavy atom. The number of anilines is 2. The van der Waals surface area contributed by atoms with Crippen LogP contribution >= 0.6 is 0 Å². The number of hydrogen-bond donors (Lipinski definition) is 2. The molecule has 1 amide bonds. The number of carbonyl (C=O) groups is 1. The van der Waals surface area contributed by atoms with Gasteiger partial charge in [0.1, 0.15) is 5.82 Å². The van der Waals surface area contributed by atoms with Gasteiger partial charge in [-0.3, -0.25) is 9.52 Å². The van der Waals surface area contributed by atoms with Crippen molar-refractivity contribution in [2.45, 2.75) is 18.4 Å². The van der Waals surface area contributed by atoms with Gasteiger partial charge in [-0.2, -0.15) is 8.78 Å². The van der Waals surface area contributed by atoms with Gasteiger partial charge in [0.25, 0.3) is 15.9 Å². The number of aryl methyl sites for hydroxylation is 1. The number of carbonyl (C=O) groups excluding carboxylic acids is 1. The van der Waals surface area contributed by atoms with E-state index < -0.39 is 28.4 Å². The number of rotatable bonds is 8. The van der Waals surface area contributed by atoms with E-state index in [2.05, 4.69) is 14.8 Å². The van der Waals surface area contributed by atoms with E-state index in [1.54, 1.807) is 6.92 Å². The van der Waals surface area contributed by atoms with Crippen molar-refractivity contribution in [2.75, 3.05) is 17.1 Å². The lowest BCUT2D eigenvalue weighted by Gasteiger charge is -2.14. The quantitative estimate of drug-likeness (QED) is 0.483. The fourth-order valence-corrected chi connectivity index (χ4v) is 3.99. The Morgan fingerprint density at radius 3 is 2.39 bits per heavy atom. The molecule has 0 saturated heterocycles. The smallest absolute Gasteiger partial charge is 0.387 e. The van der Waals surface area contributed by atoms with Crippen LogP contribution in [0.1, 0.15) is 15.9 Å². The molecule has 0 heterocycles. The van der Waals surface area contributed by atoms with Crippen LogP contribution in [-0.2, 0) is 10.0 Å². The molecule has 2 N–H and O–H groups in total. The molecule has 0 atom stereocenters. The van der Waals surface area contributed by atoms with Crippen LogP contribution in [0.4, 0.5) is 24.5 Å². The van der Waals surface area contributed by atoms with Crippen molar-refractivity contribution in [1.29, 1.82) is 0 Å². The van der Waals surface area contributed by atoms with Crippen LogP contribution in [0.2, 0.25) is 0 Å². The second-order valence-electron chi connectivity index (χ2n) is 6.76. The highest BCUT2D eigenvalue weighted by Crippen LogP contribution is 2.32. The third kappa shape index (κ3) is 5.75. The number of alkyl halides is 2. The highest BCUT2D eigenvalue weighted by atomic mass is 32.2. The van der Waals surface area contributed by atoms with Crippen molar-refractivity contribution < 1.29 is 35.9 Å². The van der Waals surface area contributed by atoms with E-state index in [4.69, 9.17) is 4.74 Å². The molecule has 0 aliphatic rings. The van der Waals surface area contributed by atoms with Crippen LogP contribution < -0.4 is 19.5 Å². The van der Waals surface area contributed by atoms with Gasteiger partial charge in [0.05, 0.1) is 17.7 Å². The zero-order valence-corrected chi connectivity index (χ0v) is 18.3. The Hall–Kier alpha value is -3.73. The second-order valence-corrected chi connectivity index (χ2v) is 8.44. The first kappa shape index (κ1) is 23.9. The normalized spacial score (nSPS) is 11.2. The van der Waals surface area contributed by atoms with Crippen molar-refractivity contribution in [2.24, 2.45) is 0 Å². The summed E-state index contributed by atoms with van der Waals surface area (Å²) in [6.45, 7) is -1.51. The van der Waals surface area contributed by atoms with Gasteiger partial charge in [-0.1, -0.05) is 18.2 Å². The van der Waals surface area contributed by atoms with E-state index in [1.165, 1.54) is 49.6 Å². The summed E-state index contributed by atoms with van der Waals surface area (Å²) in [5, 5.41) is 2.51. The van der Waals surface area contributed by atoms with Crippen LogP contribution in [0.5, 0.6) is 11.5 Å². The van der Waals surface area contributed by atoms with E-state index in [-0.39, 0.29) is 33.3 Å². The molecule has 0 fully saturated rings. The van der Waals surface area contributed by atoms with Gasteiger partial charge in [-0.15, -0.1) is 0 Å². The molecule has 0 aromatic heterocycles. The van der Waals surface area contributed by atoms with Gasteiger partial charge in [0.2, 0.25) is 0 Å². The molecule has 3 aromatic carbocycles. The number of benzene rings is 3. The Labute approximate surface area is 188 Å². The van der Waals surface area contributed by atoms with E-state index in [9.17, 15) is 26.4 Å². The predicted octanol–water partition coefficient (Wildman–Crippen LogP) is 4.80. The topological polar surface area (TPSA) is 93.7 Å². The molecule has 7 nitrogen and oxygen atoms in total. The van der Waals surface area contributed by atoms with Gasteiger partial charge in [0, 0.05) is 17.3 Å². The number of nitrogens with one attached hydrogen (secondary N) is 2. The summed E-state index contributed by atoms with van der Waals surface area (Å²) in [7, 11) is -2.93. The predicted molar refractivity (Wildman–Crippen MR) is 116 cm³/mol. The minimum absolute atomic E-state index is 0.0126. The summed E-state index contributed by atoms with van der Waals surface area (Å²) < 4.78 is 76.0. The molecule has 0 bridgehead atoms. The van der Waals surface area contributed by atoms with Crippen LogP contribution in [0.15, 0.2) is 65.6 Å². The lowest BCUT2D eigenvalue weighted by atomic mass is 10.1. The van der Waals surface area contributed by atoms with E-state index in [0.717, 1.165) is 18.2 Å². The lowest BCUT2D eigenvalue weighted by molar-refractivity contribution is -0.0511. The van der Waals surface area contributed by atoms with Crippen LogP contribution in [-0.4, -0.2) is 28.0 Å². The van der Waals surface area contributed by atoms with Crippen molar-refractivity contribution in [3.05, 3.63) is 77.6 Å². The highest BCUT2D eigenvalue weighted by Gasteiger charge is 2.20. The molecule has 174 valence electrons. The van der Waals surface area contributed by atoms with Gasteiger partial charge < -0.3 is 14.8 Å². The fraction of sp³-hybridized carbons (Fsp3) is 0.136. The summed E-state index contributed by atoms with van der Waals surface area (Å²) in [4.78, 5) is 12.5. The first-order valence-electron chi connectivity index (χ1n) is 9.43. The molecular formula is C22H19F3N2O5S. The van der Waals surface area contributed by atoms with Crippen molar-refractivity contribution in [3.8, 4) is 11.5 Å². The Bertz CT molecular complexity index is 1280. The largest absolute Gasteiger partial charge is 0.493 e. The Kier molecular flexibility index (Phi) is 7.12. The summed E-state index contributed by atoms with van der Waals surface area (Å²) in [6, 6.07) is 13.0.